The molecule has 2 amide bonds. The van der Waals surface area contributed by atoms with Gasteiger partial charge in [0.1, 0.15) is 5.75 Å². The summed E-state index contributed by atoms with van der Waals surface area (Å²) in [6, 6.07) is 16.5. The third-order valence-electron chi connectivity index (χ3n) is 4.99. The number of nitrogens with zero attached hydrogens (tertiary/aromatic N) is 3. The summed E-state index contributed by atoms with van der Waals surface area (Å²) in [7, 11) is 0. The Kier molecular flexibility index (Phi) is 9.29. The van der Waals surface area contributed by atoms with Crippen molar-refractivity contribution in [2.75, 3.05) is 6.54 Å². The number of benzene rings is 3. The van der Waals surface area contributed by atoms with Gasteiger partial charge in [0.05, 0.1) is 21.6 Å². The number of rotatable bonds is 11. The normalized spacial score (nSPS) is 10.5. The molecule has 0 unspecified atom stereocenters. The zero-order valence-corrected chi connectivity index (χ0v) is 19.7. The van der Waals surface area contributed by atoms with Crippen LogP contribution in [-0.2, 0) is 4.79 Å². The highest BCUT2D eigenvalue weighted by Crippen LogP contribution is 2.17. The lowest BCUT2D eigenvalue weighted by atomic mass is 10.2. The van der Waals surface area contributed by atoms with Crippen LogP contribution in [-0.4, -0.2) is 40.4 Å². The Labute approximate surface area is 215 Å². The Morgan fingerprint density at radius 1 is 0.868 bits per heavy atom. The predicted molar refractivity (Wildman–Crippen MR) is 135 cm³/mol. The zero-order valence-electron chi connectivity index (χ0n) is 19.7. The highest BCUT2D eigenvalue weighted by Gasteiger charge is 2.12. The first-order valence-corrected chi connectivity index (χ1v) is 11.1. The maximum Gasteiger partial charge on any atom is 0.343 e. The van der Waals surface area contributed by atoms with E-state index in [1.807, 2.05) is 0 Å². The Morgan fingerprint density at radius 3 is 2.08 bits per heavy atom. The van der Waals surface area contributed by atoms with Gasteiger partial charge in [-0.05, 0) is 48.4 Å². The molecule has 0 saturated heterocycles. The maximum atomic E-state index is 12.3. The number of hydrogen-bond acceptors (Lipinski definition) is 9. The number of carbonyl (C=O) groups is 3. The number of hydrogen-bond donors (Lipinski definition) is 2. The van der Waals surface area contributed by atoms with Crippen LogP contribution in [0, 0.1) is 20.2 Å². The molecular formula is C25H21N5O8. The second-order valence-corrected chi connectivity index (χ2v) is 7.72. The number of ether oxygens (including phenoxy) is 1. The lowest BCUT2D eigenvalue weighted by Gasteiger charge is -2.05. The molecule has 38 heavy (non-hydrogen) atoms. The highest BCUT2D eigenvalue weighted by atomic mass is 16.6. The summed E-state index contributed by atoms with van der Waals surface area (Å²) in [5.74, 6) is -1.27. The topological polar surface area (TPSA) is 183 Å². The summed E-state index contributed by atoms with van der Waals surface area (Å²) < 4.78 is 5.28. The average Bonchev–Trinajstić information content (AvgIpc) is 2.91. The number of esters is 1. The molecule has 0 atom stereocenters. The van der Waals surface area contributed by atoms with Crippen molar-refractivity contribution in [3.05, 3.63) is 110 Å². The van der Waals surface area contributed by atoms with Gasteiger partial charge in [0.25, 0.3) is 17.3 Å². The van der Waals surface area contributed by atoms with Crippen LogP contribution in [0.4, 0.5) is 11.4 Å². The van der Waals surface area contributed by atoms with E-state index in [9.17, 15) is 34.6 Å². The molecule has 0 aliphatic heterocycles. The number of amides is 2. The highest BCUT2D eigenvalue weighted by molar-refractivity contribution is 5.94. The summed E-state index contributed by atoms with van der Waals surface area (Å²) in [5, 5.41) is 27.9. The molecule has 13 heteroatoms. The van der Waals surface area contributed by atoms with E-state index in [4.69, 9.17) is 4.74 Å². The first kappa shape index (κ1) is 27.1. The van der Waals surface area contributed by atoms with Gasteiger partial charge in [0, 0.05) is 42.8 Å². The average molecular weight is 519 g/mol. The molecule has 0 saturated carbocycles. The van der Waals surface area contributed by atoms with Crippen LogP contribution in [0.5, 0.6) is 5.75 Å². The number of nitro groups is 2. The van der Waals surface area contributed by atoms with Gasteiger partial charge >= 0.3 is 5.97 Å². The number of non-ortho nitro benzene ring substituents is 2. The molecule has 3 aromatic rings. The van der Waals surface area contributed by atoms with Crippen molar-refractivity contribution in [3.8, 4) is 5.75 Å². The summed E-state index contributed by atoms with van der Waals surface area (Å²) in [6.45, 7) is 0.217. The number of carbonyl (C=O) groups excluding carboxylic acids is 3. The van der Waals surface area contributed by atoms with Crippen LogP contribution in [0.1, 0.15) is 39.1 Å². The van der Waals surface area contributed by atoms with Crippen LogP contribution in [0.3, 0.4) is 0 Å². The van der Waals surface area contributed by atoms with Crippen LogP contribution >= 0.6 is 0 Å². The van der Waals surface area contributed by atoms with Crippen molar-refractivity contribution in [2.45, 2.75) is 12.8 Å². The number of nitro benzene ring substituents is 2. The van der Waals surface area contributed by atoms with E-state index in [0.717, 1.165) is 0 Å². The van der Waals surface area contributed by atoms with E-state index >= 15 is 0 Å². The molecule has 0 fully saturated rings. The van der Waals surface area contributed by atoms with Gasteiger partial charge in [-0.1, -0.05) is 12.1 Å². The molecular weight excluding hydrogens is 498 g/mol. The second kappa shape index (κ2) is 13.0. The van der Waals surface area contributed by atoms with E-state index in [2.05, 4.69) is 15.8 Å². The van der Waals surface area contributed by atoms with Crippen LogP contribution in [0.2, 0.25) is 0 Å². The standard InChI is InChI=1S/C25H21N5O8/c31-23(5-2-14-26-24(32)18-6-10-20(11-7-18)29(34)35)28-27-16-17-3-1-4-22(15-17)38-25(33)19-8-12-21(13-9-19)30(36)37/h1,3-4,6-13,15-16H,2,5,14H2,(H,26,32)(H,28,31). The SMILES string of the molecule is O=C(CCCNC(=O)c1ccc([N+](=O)[O-])cc1)NN=Cc1cccc(OC(=O)c2ccc([N+](=O)[O-])cc2)c1. The maximum absolute atomic E-state index is 12.3. The Bertz CT molecular complexity index is 1370. The third kappa shape index (κ3) is 8.05. The molecule has 13 nitrogen and oxygen atoms in total. The summed E-state index contributed by atoms with van der Waals surface area (Å²) in [4.78, 5) is 56.5. The molecule has 0 spiro atoms. The third-order valence-corrected chi connectivity index (χ3v) is 4.99. The zero-order chi connectivity index (χ0) is 27.5. The van der Waals surface area contributed by atoms with Crippen molar-refractivity contribution in [1.82, 2.24) is 10.7 Å². The van der Waals surface area contributed by atoms with E-state index in [1.54, 1.807) is 18.2 Å². The summed E-state index contributed by atoms with van der Waals surface area (Å²) in [6.07, 6.45) is 1.79. The molecule has 0 bridgehead atoms. The molecule has 0 radical (unpaired) electrons. The number of nitrogens with one attached hydrogen (secondary N) is 2. The van der Waals surface area contributed by atoms with E-state index in [-0.39, 0.29) is 47.1 Å². The molecule has 3 aromatic carbocycles. The lowest BCUT2D eigenvalue weighted by molar-refractivity contribution is -0.385. The first-order valence-electron chi connectivity index (χ1n) is 11.1. The second-order valence-electron chi connectivity index (χ2n) is 7.72. The molecule has 0 aliphatic rings. The quantitative estimate of drug-likeness (QED) is 0.0964. The van der Waals surface area contributed by atoms with Gasteiger partial charge in [0.2, 0.25) is 5.91 Å². The fourth-order valence-corrected chi connectivity index (χ4v) is 3.07. The lowest BCUT2D eigenvalue weighted by Crippen LogP contribution is -2.26. The molecule has 194 valence electrons. The van der Waals surface area contributed by atoms with Crippen LogP contribution < -0.4 is 15.5 Å². The Morgan fingerprint density at radius 2 is 1.47 bits per heavy atom. The van der Waals surface area contributed by atoms with Gasteiger partial charge in [-0.3, -0.25) is 29.8 Å². The Hall–Kier alpha value is -5.46. The van der Waals surface area contributed by atoms with Crippen molar-refractivity contribution >= 4 is 35.4 Å². The van der Waals surface area contributed by atoms with Gasteiger partial charge in [-0.15, -0.1) is 0 Å². The fraction of sp³-hybridized carbons (Fsp3) is 0.120. The van der Waals surface area contributed by atoms with Crippen LogP contribution in [0.25, 0.3) is 0 Å². The first-order chi connectivity index (χ1) is 18.2. The van der Waals surface area contributed by atoms with Crippen molar-refractivity contribution in [3.63, 3.8) is 0 Å². The summed E-state index contributed by atoms with van der Waals surface area (Å²) >= 11 is 0. The molecule has 0 aliphatic carbocycles. The predicted octanol–water partition coefficient (Wildman–Crippen LogP) is 3.38. The molecule has 0 heterocycles. The van der Waals surface area contributed by atoms with Crippen molar-refractivity contribution < 1.29 is 29.0 Å². The molecule has 2 N–H and O–H groups in total. The molecule has 3 rings (SSSR count). The number of hydrazone groups is 1. The van der Waals surface area contributed by atoms with E-state index in [0.29, 0.717) is 12.0 Å². The molecule has 0 aromatic heterocycles. The van der Waals surface area contributed by atoms with Crippen molar-refractivity contribution in [2.24, 2.45) is 5.10 Å². The summed E-state index contributed by atoms with van der Waals surface area (Å²) in [5.41, 5.74) is 3.05. The monoisotopic (exact) mass is 519 g/mol. The minimum atomic E-state index is -0.692. The van der Waals surface area contributed by atoms with E-state index in [1.165, 1.54) is 60.8 Å². The minimum Gasteiger partial charge on any atom is -0.423 e. The smallest absolute Gasteiger partial charge is 0.343 e. The fourth-order valence-electron chi connectivity index (χ4n) is 3.07. The van der Waals surface area contributed by atoms with Gasteiger partial charge < -0.3 is 10.1 Å². The van der Waals surface area contributed by atoms with Crippen LogP contribution in [0.15, 0.2) is 77.9 Å². The van der Waals surface area contributed by atoms with Crippen molar-refractivity contribution in [1.29, 1.82) is 0 Å². The van der Waals surface area contributed by atoms with Gasteiger partial charge in [0.15, 0.2) is 0 Å². The van der Waals surface area contributed by atoms with Gasteiger partial charge in [-0.2, -0.15) is 5.10 Å². The van der Waals surface area contributed by atoms with E-state index < -0.39 is 21.7 Å². The minimum absolute atomic E-state index is 0.0881. The van der Waals surface area contributed by atoms with Gasteiger partial charge in [-0.25, -0.2) is 10.2 Å². The largest absolute Gasteiger partial charge is 0.423 e. The Balaban J connectivity index is 1.41.